The first kappa shape index (κ1) is 46.3. The van der Waals surface area contributed by atoms with E-state index in [-0.39, 0.29) is 50.2 Å². The molecule has 2 aliphatic rings. The van der Waals surface area contributed by atoms with Gasteiger partial charge in [-0.15, -0.1) is 0 Å². The molecular formula is C33H44F6N7O9P. The topological polar surface area (TPSA) is 187 Å². The number of carbonyl (C=O) groups excluding carboxylic acids is 3. The van der Waals surface area contributed by atoms with Gasteiger partial charge in [0.25, 0.3) is 14.1 Å². The molecule has 56 heavy (non-hydrogen) atoms. The fourth-order valence-corrected chi connectivity index (χ4v) is 7.73. The van der Waals surface area contributed by atoms with Crippen molar-refractivity contribution in [3.05, 3.63) is 44.0 Å². The lowest BCUT2D eigenvalue weighted by Crippen LogP contribution is -2.50. The van der Waals surface area contributed by atoms with Gasteiger partial charge in [0.1, 0.15) is 36.0 Å². The van der Waals surface area contributed by atoms with Gasteiger partial charge >= 0.3 is 29.9 Å². The normalized spacial score (nSPS) is 21.7. The first-order valence-corrected chi connectivity index (χ1v) is 18.6. The number of fused-ring (bicyclic) bond motifs is 2. The molecule has 4 N–H and O–H groups in total. The first-order valence-electron chi connectivity index (χ1n) is 17.5. The number of aromatic nitrogens is 2. The van der Waals surface area contributed by atoms with Crippen LogP contribution in [0.5, 0.6) is 0 Å². The highest BCUT2D eigenvalue weighted by atomic mass is 31.2. The molecule has 6 atom stereocenters. The van der Waals surface area contributed by atoms with Crippen LogP contribution in [0.15, 0.2) is 15.8 Å². The van der Waals surface area contributed by atoms with Crippen molar-refractivity contribution in [1.82, 2.24) is 30.2 Å². The number of nitrogens with one attached hydrogen (secondary N) is 4. The minimum absolute atomic E-state index is 0.00392. The lowest BCUT2D eigenvalue weighted by Gasteiger charge is -2.38. The molecule has 0 aromatic carbocycles. The Bertz CT molecular complexity index is 1760. The molecule has 23 heteroatoms. The minimum Gasteiger partial charge on any atom is -0.368 e. The summed E-state index contributed by atoms with van der Waals surface area (Å²) in [6, 6.07) is -1.79. The van der Waals surface area contributed by atoms with Crippen LogP contribution in [-0.4, -0.2) is 113 Å². The monoisotopic (exact) mass is 827 g/mol. The Morgan fingerprint density at radius 2 is 1.77 bits per heavy atom. The van der Waals surface area contributed by atoms with Crippen LogP contribution in [-0.2, 0) is 32.9 Å². The van der Waals surface area contributed by atoms with Crippen LogP contribution in [0.2, 0.25) is 0 Å². The van der Waals surface area contributed by atoms with Crippen molar-refractivity contribution >= 4 is 26.2 Å². The molecule has 3 amide bonds. The number of amides is 3. The van der Waals surface area contributed by atoms with Crippen molar-refractivity contribution in [3.63, 3.8) is 0 Å². The van der Waals surface area contributed by atoms with Crippen LogP contribution in [0.4, 0.5) is 26.3 Å². The van der Waals surface area contributed by atoms with Crippen LogP contribution in [0, 0.1) is 18.4 Å². The van der Waals surface area contributed by atoms with Gasteiger partial charge in [0, 0.05) is 24.8 Å². The number of rotatable bonds is 18. The van der Waals surface area contributed by atoms with E-state index in [0.717, 1.165) is 10.8 Å². The predicted molar refractivity (Wildman–Crippen MR) is 186 cm³/mol. The molecule has 2 bridgehead atoms. The van der Waals surface area contributed by atoms with Gasteiger partial charge in [-0.1, -0.05) is 18.8 Å². The Balaban J connectivity index is 1.76. The summed E-state index contributed by atoms with van der Waals surface area (Å²) in [6.45, 7) is 16.2. The molecule has 16 nitrogen and oxygen atoms in total. The van der Waals surface area contributed by atoms with Gasteiger partial charge in [0.05, 0.1) is 13.2 Å². The van der Waals surface area contributed by atoms with Gasteiger partial charge in [0.2, 0.25) is 12.5 Å². The van der Waals surface area contributed by atoms with Gasteiger partial charge in [-0.05, 0) is 53.4 Å². The zero-order chi connectivity index (χ0) is 42.0. The summed E-state index contributed by atoms with van der Waals surface area (Å²) in [4.78, 5) is 66.5. The molecule has 2 fully saturated rings. The molecule has 3 heterocycles. The molecule has 2 saturated heterocycles. The van der Waals surface area contributed by atoms with E-state index in [1.165, 1.54) is 5.32 Å². The summed E-state index contributed by atoms with van der Waals surface area (Å²) in [5.74, 6) is -0.834. The van der Waals surface area contributed by atoms with Crippen LogP contribution in [0.1, 0.15) is 72.1 Å². The molecular weight excluding hydrogens is 783 g/mol. The number of ether oxygens (including phenoxy) is 2. The molecule has 2 unspecified atom stereocenters. The summed E-state index contributed by atoms with van der Waals surface area (Å²) in [5, 5.41) is 5.31. The molecule has 3 rings (SSSR count). The third-order valence-corrected chi connectivity index (χ3v) is 10.7. The average molecular weight is 828 g/mol. The lowest BCUT2D eigenvalue weighted by atomic mass is 9.96. The molecule has 0 aliphatic carbocycles. The molecule has 0 saturated carbocycles. The van der Waals surface area contributed by atoms with E-state index < -0.39 is 99.4 Å². The SMILES string of the molecule is [C-]#[N+]CCOP(OC1[C@@H]2OC[C@]1(CC)O[C@H]2n1cc(C#CCNC(=O)[C@H](CCCCNC(=O)C(F)(F)F)NC(=O)C(F)(F)F)c(=O)[nH]c1=O)N(C(C)C)C(C)C. The quantitative estimate of drug-likeness (QED) is 0.0564. The number of H-pyrrole nitrogens is 1. The van der Waals surface area contributed by atoms with Crippen LogP contribution < -0.4 is 27.2 Å². The largest absolute Gasteiger partial charge is 0.471 e. The summed E-state index contributed by atoms with van der Waals surface area (Å²) in [7, 11) is -1.73. The Kier molecular flexibility index (Phi) is 16.5. The smallest absolute Gasteiger partial charge is 0.368 e. The zero-order valence-corrected chi connectivity index (χ0v) is 32.0. The van der Waals surface area contributed by atoms with Gasteiger partial charge in [-0.2, -0.15) is 26.3 Å². The molecule has 1 aromatic heterocycles. The van der Waals surface area contributed by atoms with Crippen molar-refractivity contribution in [1.29, 1.82) is 0 Å². The summed E-state index contributed by atoms with van der Waals surface area (Å²) in [5.41, 5.74) is -3.03. The number of unbranched alkanes of at least 4 members (excludes halogenated alkanes) is 1. The number of carbonyl (C=O) groups is 3. The second kappa shape index (κ2) is 19.9. The van der Waals surface area contributed by atoms with Crippen LogP contribution in [0.25, 0.3) is 4.85 Å². The second-order valence-electron chi connectivity index (χ2n) is 13.3. The van der Waals surface area contributed by atoms with Crippen LogP contribution >= 0.6 is 8.53 Å². The van der Waals surface area contributed by atoms with Crippen LogP contribution in [0.3, 0.4) is 0 Å². The Labute approximate surface area is 319 Å². The number of nitrogens with zero attached hydrogens (tertiary/aromatic N) is 3. The highest BCUT2D eigenvalue weighted by Gasteiger charge is 2.63. The molecule has 2 aliphatic heterocycles. The van der Waals surface area contributed by atoms with Crippen molar-refractivity contribution in [2.75, 3.05) is 32.8 Å². The Morgan fingerprint density at radius 3 is 2.36 bits per heavy atom. The predicted octanol–water partition coefficient (Wildman–Crippen LogP) is 2.64. The minimum atomic E-state index is -5.35. The lowest BCUT2D eigenvalue weighted by molar-refractivity contribution is -0.175. The Morgan fingerprint density at radius 1 is 1.11 bits per heavy atom. The van der Waals surface area contributed by atoms with Crippen molar-refractivity contribution in [2.45, 2.75) is 115 Å². The Hall–Kier alpha value is -4.05. The number of hydrogen-bond donors (Lipinski definition) is 4. The van der Waals surface area contributed by atoms with E-state index in [1.54, 1.807) is 5.32 Å². The number of aromatic amines is 1. The van der Waals surface area contributed by atoms with E-state index in [9.17, 15) is 50.3 Å². The number of alkyl halides is 6. The highest BCUT2D eigenvalue weighted by molar-refractivity contribution is 7.44. The van der Waals surface area contributed by atoms with E-state index in [4.69, 9.17) is 25.1 Å². The summed E-state index contributed by atoms with van der Waals surface area (Å²) < 4.78 is 104. The first-order chi connectivity index (χ1) is 26.2. The van der Waals surface area contributed by atoms with Crippen molar-refractivity contribution in [3.8, 4) is 11.8 Å². The standard InChI is InChI=1S/C33H44F6N7O9P/c1-7-31-18-52-23(24(31)55-56(53-16-15-40-6)46(19(2)3)20(4)5)27(54-31)45-17-21(25(47)44-30(45)51)11-10-14-41-26(48)22(43-29(50)33(37,38)39)12-8-9-13-42-28(49)32(34,35)36/h17,19-20,22-24,27H,7-9,12-16,18H2,1-5H3,(H,41,48)(H,42,49)(H,43,50)(H,44,47,51)/t22-,23-,24?,27+,31-,56?/m0/s1. The highest BCUT2D eigenvalue weighted by Crippen LogP contribution is 2.55. The third-order valence-electron chi connectivity index (χ3n) is 8.59. The molecule has 312 valence electrons. The van der Waals surface area contributed by atoms with E-state index in [2.05, 4.69) is 27.0 Å². The maximum atomic E-state index is 13.1. The van der Waals surface area contributed by atoms with Gasteiger partial charge in [-0.25, -0.2) is 16.0 Å². The summed E-state index contributed by atoms with van der Waals surface area (Å²) in [6.07, 6.45) is -12.4. The van der Waals surface area contributed by atoms with Gasteiger partial charge in [-0.3, -0.25) is 28.7 Å². The zero-order valence-electron chi connectivity index (χ0n) is 31.1. The molecule has 1 aromatic rings. The molecule has 0 radical (unpaired) electrons. The molecule has 0 spiro atoms. The fraction of sp³-hybridized carbons (Fsp3) is 0.697. The maximum Gasteiger partial charge on any atom is 0.471 e. The average Bonchev–Trinajstić information content (AvgIpc) is 3.60. The van der Waals surface area contributed by atoms with Gasteiger partial charge in [0.15, 0.2) is 6.23 Å². The number of halogens is 6. The number of hydrogen-bond acceptors (Lipinski definition) is 10. The maximum absolute atomic E-state index is 13.1. The van der Waals surface area contributed by atoms with Gasteiger partial charge < -0.3 is 39.3 Å². The van der Waals surface area contributed by atoms with E-state index in [0.29, 0.717) is 6.42 Å². The third kappa shape index (κ3) is 12.0. The second-order valence-corrected chi connectivity index (χ2v) is 14.7. The van der Waals surface area contributed by atoms with E-state index >= 15 is 0 Å². The van der Waals surface area contributed by atoms with Crippen molar-refractivity contribution in [2.24, 2.45) is 0 Å². The van der Waals surface area contributed by atoms with Crippen molar-refractivity contribution < 1.29 is 59.2 Å². The van der Waals surface area contributed by atoms with E-state index in [1.807, 2.05) is 39.3 Å². The summed E-state index contributed by atoms with van der Waals surface area (Å²) >= 11 is 0. The fourth-order valence-electron chi connectivity index (χ4n) is 5.93.